The summed E-state index contributed by atoms with van der Waals surface area (Å²) < 4.78 is 2.37. The zero-order valence-corrected chi connectivity index (χ0v) is 15.8. The molecule has 3 rings (SSSR count). The molecule has 0 aliphatic heterocycles. The Kier molecular flexibility index (Phi) is 5.55. The number of fused-ring (bicyclic) bond motifs is 1. The number of aromatic amines is 1. The predicted molar refractivity (Wildman–Crippen MR) is 110 cm³/mol. The van der Waals surface area contributed by atoms with Crippen LogP contribution in [0.25, 0.3) is 22.0 Å². The molecule has 1 heterocycles. The van der Waals surface area contributed by atoms with Gasteiger partial charge in [-0.15, -0.1) is 0 Å². The van der Waals surface area contributed by atoms with E-state index in [1.54, 1.807) is 6.08 Å². The lowest BCUT2D eigenvalue weighted by molar-refractivity contribution is 0.276. The zero-order chi connectivity index (χ0) is 19.4. The Labute approximate surface area is 162 Å². The average molecular weight is 377 g/mol. The third-order valence-corrected chi connectivity index (χ3v) is 4.45. The van der Waals surface area contributed by atoms with Crippen LogP contribution < -0.4 is 0 Å². The summed E-state index contributed by atoms with van der Waals surface area (Å²) in [7, 11) is 0. The number of aryl methyl sites for hydroxylation is 1. The molecule has 1 aromatic heterocycles. The lowest BCUT2D eigenvalue weighted by Gasteiger charge is -2.12. The number of hydrogen-bond donors (Lipinski definition) is 3. The van der Waals surface area contributed by atoms with Crippen LogP contribution >= 0.6 is 12.2 Å². The van der Waals surface area contributed by atoms with Crippen molar-refractivity contribution < 1.29 is 10.2 Å². The molecular weight excluding hydrogens is 358 g/mol. The van der Waals surface area contributed by atoms with Crippen LogP contribution in [0.3, 0.4) is 0 Å². The van der Waals surface area contributed by atoms with E-state index in [4.69, 9.17) is 17.3 Å². The summed E-state index contributed by atoms with van der Waals surface area (Å²) in [5, 5.41) is 27.6. The Morgan fingerprint density at radius 2 is 2.00 bits per heavy atom. The Morgan fingerprint density at radius 3 is 2.74 bits per heavy atom. The molecule has 0 radical (unpaired) electrons. The highest BCUT2D eigenvalue weighted by molar-refractivity contribution is 7.71. The second-order valence-electron chi connectivity index (χ2n) is 6.04. The molecule has 0 fully saturated rings. The Bertz CT molecular complexity index is 1160. The van der Waals surface area contributed by atoms with E-state index in [1.165, 1.54) is 11.6 Å². The highest BCUT2D eigenvalue weighted by Gasteiger charge is 2.13. The summed E-state index contributed by atoms with van der Waals surface area (Å²) in [5.74, 6) is 6.02. The first-order valence-electron chi connectivity index (χ1n) is 8.36. The first-order valence-corrected chi connectivity index (χ1v) is 8.77. The Hall–Kier alpha value is -3.14. The molecule has 5 nitrogen and oxygen atoms in total. The summed E-state index contributed by atoms with van der Waals surface area (Å²) in [6, 6.07) is 12.3. The average Bonchev–Trinajstić information content (AvgIpc) is 3.04. The van der Waals surface area contributed by atoms with Gasteiger partial charge < -0.3 is 10.2 Å². The summed E-state index contributed by atoms with van der Waals surface area (Å²) in [6.45, 7) is 3.95. The summed E-state index contributed by atoms with van der Waals surface area (Å²) in [5.41, 5.74) is 2.92. The SMILES string of the molecule is C/C(=C\C#CC(O)/C=C/O)c1n[nH]c(=S)n1-c1ccc(C)c2ccccc12. The van der Waals surface area contributed by atoms with Gasteiger partial charge in [0.2, 0.25) is 0 Å². The van der Waals surface area contributed by atoms with Gasteiger partial charge in [0.1, 0.15) is 6.10 Å². The van der Waals surface area contributed by atoms with E-state index in [0.29, 0.717) is 10.6 Å². The molecule has 3 N–H and O–H groups in total. The Balaban J connectivity index is 2.12. The molecule has 27 heavy (non-hydrogen) atoms. The quantitative estimate of drug-likeness (QED) is 0.363. The van der Waals surface area contributed by atoms with Crippen LogP contribution in [0.2, 0.25) is 0 Å². The summed E-state index contributed by atoms with van der Waals surface area (Å²) in [4.78, 5) is 0. The van der Waals surface area contributed by atoms with E-state index in [0.717, 1.165) is 28.3 Å². The van der Waals surface area contributed by atoms with Gasteiger partial charge in [-0.1, -0.05) is 42.2 Å². The topological polar surface area (TPSA) is 74.1 Å². The molecule has 0 saturated carbocycles. The fraction of sp³-hybridized carbons (Fsp3) is 0.143. The van der Waals surface area contributed by atoms with Gasteiger partial charge in [-0.25, -0.2) is 0 Å². The van der Waals surface area contributed by atoms with E-state index in [9.17, 15) is 5.11 Å². The lowest BCUT2D eigenvalue weighted by atomic mass is 10.0. The van der Waals surface area contributed by atoms with Gasteiger partial charge in [-0.3, -0.25) is 9.67 Å². The maximum absolute atomic E-state index is 9.52. The third-order valence-electron chi connectivity index (χ3n) is 4.17. The highest BCUT2D eigenvalue weighted by atomic mass is 32.1. The van der Waals surface area contributed by atoms with E-state index in [1.807, 2.05) is 29.7 Å². The Morgan fingerprint density at radius 1 is 1.26 bits per heavy atom. The molecule has 1 atom stereocenters. The second-order valence-corrected chi connectivity index (χ2v) is 6.42. The molecular formula is C21H19N3O2S. The number of aliphatic hydroxyl groups excluding tert-OH is 2. The van der Waals surface area contributed by atoms with Gasteiger partial charge in [-0.2, -0.15) is 5.10 Å². The van der Waals surface area contributed by atoms with Gasteiger partial charge in [0, 0.05) is 11.0 Å². The number of aliphatic hydroxyl groups is 2. The largest absolute Gasteiger partial charge is 0.516 e. The predicted octanol–water partition coefficient (Wildman–Crippen LogP) is 4.23. The number of hydrogen-bond acceptors (Lipinski definition) is 4. The van der Waals surface area contributed by atoms with Crippen LogP contribution in [0.4, 0.5) is 0 Å². The van der Waals surface area contributed by atoms with Gasteiger partial charge in [0.05, 0.1) is 11.9 Å². The standard InChI is InChI=1S/C21H19N3O2S/c1-14-10-11-19(18-9-4-3-8-17(14)18)24-20(22-23-21(24)27)15(2)6-5-7-16(26)12-13-25/h3-4,6,8-13,16,25-26H,1-2H3,(H,23,27)/b13-12+,15-6+. The van der Waals surface area contributed by atoms with Crippen molar-refractivity contribution in [1.82, 2.24) is 14.8 Å². The minimum Gasteiger partial charge on any atom is -0.516 e. The fourth-order valence-corrected chi connectivity index (χ4v) is 3.07. The van der Waals surface area contributed by atoms with Crippen molar-refractivity contribution in [3.8, 4) is 17.5 Å². The summed E-state index contributed by atoms with van der Waals surface area (Å²) >= 11 is 5.46. The molecule has 0 amide bonds. The third kappa shape index (κ3) is 3.85. The van der Waals surface area contributed by atoms with Crippen LogP contribution in [0, 0.1) is 23.5 Å². The number of nitrogens with zero attached hydrogens (tertiary/aromatic N) is 2. The van der Waals surface area contributed by atoms with Gasteiger partial charge in [-0.05, 0) is 55.2 Å². The monoisotopic (exact) mass is 377 g/mol. The first kappa shape index (κ1) is 18.6. The normalized spacial score (nSPS) is 12.9. The van der Waals surface area contributed by atoms with Gasteiger partial charge in [0.25, 0.3) is 0 Å². The summed E-state index contributed by atoms with van der Waals surface area (Å²) in [6.07, 6.45) is 2.58. The highest BCUT2D eigenvalue weighted by Crippen LogP contribution is 2.27. The number of H-pyrrole nitrogens is 1. The molecule has 3 aromatic rings. The molecule has 136 valence electrons. The number of nitrogens with one attached hydrogen (secondary N) is 1. The lowest BCUT2D eigenvalue weighted by Crippen LogP contribution is -2.01. The number of rotatable bonds is 3. The molecule has 1 unspecified atom stereocenters. The number of benzene rings is 2. The van der Waals surface area contributed by atoms with Crippen molar-refractivity contribution in [2.75, 3.05) is 0 Å². The molecule has 0 spiro atoms. The van der Waals surface area contributed by atoms with Gasteiger partial charge >= 0.3 is 0 Å². The minimum absolute atomic E-state index is 0.489. The van der Waals surface area contributed by atoms with E-state index in [-0.39, 0.29) is 0 Å². The van der Waals surface area contributed by atoms with Crippen molar-refractivity contribution in [2.45, 2.75) is 20.0 Å². The molecule has 6 heteroatoms. The number of aromatic nitrogens is 3. The van der Waals surface area contributed by atoms with Crippen LogP contribution in [0.15, 0.2) is 54.8 Å². The first-order chi connectivity index (χ1) is 13.0. The fourth-order valence-electron chi connectivity index (χ4n) is 2.84. The number of allylic oxidation sites excluding steroid dienone is 2. The van der Waals surface area contributed by atoms with E-state index in [2.05, 4.69) is 47.2 Å². The van der Waals surface area contributed by atoms with Crippen molar-refractivity contribution in [2.24, 2.45) is 0 Å². The van der Waals surface area contributed by atoms with Crippen molar-refractivity contribution in [3.63, 3.8) is 0 Å². The van der Waals surface area contributed by atoms with E-state index < -0.39 is 6.10 Å². The molecule has 0 saturated heterocycles. The second kappa shape index (κ2) is 8.04. The minimum atomic E-state index is -1.03. The van der Waals surface area contributed by atoms with Crippen LogP contribution in [-0.4, -0.2) is 31.1 Å². The smallest absolute Gasteiger partial charge is 0.200 e. The van der Waals surface area contributed by atoms with Crippen LogP contribution in [0.5, 0.6) is 0 Å². The molecule has 2 aromatic carbocycles. The van der Waals surface area contributed by atoms with Crippen molar-refractivity contribution in [3.05, 3.63) is 71.0 Å². The van der Waals surface area contributed by atoms with E-state index >= 15 is 0 Å². The van der Waals surface area contributed by atoms with Gasteiger partial charge in [0.15, 0.2) is 10.6 Å². The maximum atomic E-state index is 9.52. The van der Waals surface area contributed by atoms with Crippen LogP contribution in [-0.2, 0) is 0 Å². The van der Waals surface area contributed by atoms with Crippen LogP contribution in [0.1, 0.15) is 18.3 Å². The molecule has 0 aliphatic carbocycles. The molecule has 0 bridgehead atoms. The van der Waals surface area contributed by atoms with Crippen molar-refractivity contribution in [1.29, 1.82) is 0 Å². The maximum Gasteiger partial charge on any atom is 0.200 e. The van der Waals surface area contributed by atoms with Crippen molar-refractivity contribution >= 4 is 28.6 Å². The molecule has 0 aliphatic rings. The zero-order valence-electron chi connectivity index (χ0n) is 15.0.